The monoisotopic (exact) mass is 365 g/mol. The Morgan fingerprint density at radius 3 is 2.54 bits per heavy atom. The molecule has 0 radical (unpaired) electrons. The summed E-state index contributed by atoms with van der Waals surface area (Å²) < 4.78 is 32.4. The summed E-state index contributed by atoms with van der Waals surface area (Å²) in [6.07, 6.45) is 1.63. The number of carbonyl (C=O) groups excluding carboxylic acids is 1. The van der Waals surface area contributed by atoms with Crippen molar-refractivity contribution < 1.29 is 17.9 Å². The third-order valence-electron chi connectivity index (χ3n) is 3.57. The summed E-state index contributed by atoms with van der Waals surface area (Å²) in [6.45, 7) is 0.116. The number of sulfonamides is 1. The van der Waals surface area contributed by atoms with E-state index in [1.54, 1.807) is 0 Å². The Morgan fingerprint density at radius 1 is 1.17 bits per heavy atom. The molecule has 0 unspecified atom stereocenters. The van der Waals surface area contributed by atoms with E-state index in [1.807, 2.05) is 30.3 Å². The molecule has 1 N–H and O–H groups in total. The van der Waals surface area contributed by atoms with Crippen molar-refractivity contribution in [1.82, 2.24) is 4.72 Å². The molecule has 2 aromatic rings. The van der Waals surface area contributed by atoms with Crippen molar-refractivity contribution >= 4 is 27.6 Å². The Kier molecular flexibility index (Phi) is 4.89. The van der Waals surface area contributed by atoms with Crippen LogP contribution in [0, 0.1) is 0 Å². The maximum absolute atomic E-state index is 12.3. The van der Waals surface area contributed by atoms with Crippen molar-refractivity contribution in [2.45, 2.75) is 30.4 Å². The van der Waals surface area contributed by atoms with Crippen molar-refractivity contribution in [2.24, 2.45) is 0 Å². The van der Waals surface area contributed by atoms with Gasteiger partial charge in [0, 0.05) is 6.04 Å². The number of carbonyl (C=O) groups is 1. The first kappa shape index (κ1) is 17.0. The molecule has 0 aliphatic heterocycles. The summed E-state index contributed by atoms with van der Waals surface area (Å²) >= 11 is 5.99. The van der Waals surface area contributed by atoms with E-state index in [1.165, 1.54) is 18.2 Å². The van der Waals surface area contributed by atoms with Gasteiger partial charge in [0.15, 0.2) is 0 Å². The predicted molar refractivity (Wildman–Crippen MR) is 90.4 cm³/mol. The summed E-state index contributed by atoms with van der Waals surface area (Å²) in [5, 5.41) is 0.0720. The largest absolute Gasteiger partial charge is 0.457 e. The predicted octanol–water partition coefficient (Wildman–Crippen LogP) is 3.14. The second kappa shape index (κ2) is 6.93. The van der Waals surface area contributed by atoms with Crippen molar-refractivity contribution in [1.29, 1.82) is 0 Å². The number of esters is 1. The molecule has 2 aromatic carbocycles. The molecule has 0 bridgehead atoms. The van der Waals surface area contributed by atoms with Gasteiger partial charge in [-0.05, 0) is 36.6 Å². The van der Waals surface area contributed by atoms with Crippen molar-refractivity contribution in [2.75, 3.05) is 0 Å². The average molecular weight is 366 g/mol. The van der Waals surface area contributed by atoms with Crippen molar-refractivity contribution in [3.8, 4) is 0 Å². The molecule has 0 heterocycles. The van der Waals surface area contributed by atoms with E-state index in [9.17, 15) is 13.2 Å². The average Bonchev–Trinajstić information content (AvgIpc) is 3.37. The first-order valence-electron chi connectivity index (χ1n) is 7.48. The summed E-state index contributed by atoms with van der Waals surface area (Å²) in [7, 11) is -3.74. The Hall–Kier alpha value is -1.89. The van der Waals surface area contributed by atoms with Gasteiger partial charge in [0.05, 0.1) is 10.6 Å². The molecule has 7 heteroatoms. The zero-order valence-corrected chi connectivity index (χ0v) is 14.3. The molecular formula is C17H16ClNO4S. The minimum atomic E-state index is -3.74. The molecule has 3 rings (SSSR count). The smallest absolute Gasteiger partial charge is 0.338 e. The van der Waals surface area contributed by atoms with Crippen LogP contribution >= 0.6 is 11.6 Å². The lowest BCUT2D eigenvalue weighted by molar-refractivity contribution is 0.0472. The van der Waals surface area contributed by atoms with Gasteiger partial charge >= 0.3 is 5.97 Å². The summed E-state index contributed by atoms with van der Waals surface area (Å²) in [5.74, 6) is -0.599. The SMILES string of the molecule is O=C(OCc1ccccc1)c1ccc(Cl)c(S(=O)(=O)NC2CC2)c1. The highest BCUT2D eigenvalue weighted by molar-refractivity contribution is 7.89. The molecule has 1 aliphatic rings. The van der Waals surface area contributed by atoms with E-state index >= 15 is 0 Å². The Morgan fingerprint density at radius 2 is 1.88 bits per heavy atom. The minimum absolute atomic E-state index is 0.0419. The van der Waals surface area contributed by atoms with Crippen molar-refractivity contribution in [3.05, 3.63) is 64.7 Å². The first-order chi connectivity index (χ1) is 11.5. The fraction of sp³-hybridized carbons (Fsp3) is 0.235. The number of benzene rings is 2. The molecule has 0 spiro atoms. The van der Waals surface area contributed by atoms with Crippen molar-refractivity contribution in [3.63, 3.8) is 0 Å². The third-order valence-corrected chi connectivity index (χ3v) is 5.57. The fourth-order valence-electron chi connectivity index (χ4n) is 2.13. The normalized spacial score (nSPS) is 14.4. The van der Waals surface area contributed by atoms with Crippen LogP contribution in [0.3, 0.4) is 0 Å². The van der Waals surface area contributed by atoms with Gasteiger partial charge in [0.25, 0.3) is 0 Å². The number of rotatable bonds is 6. The molecule has 1 aliphatic carbocycles. The van der Waals surface area contributed by atoms with E-state index in [2.05, 4.69) is 4.72 Å². The third kappa shape index (κ3) is 4.14. The van der Waals surface area contributed by atoms with E-state index in [4.69, 9.17) is 16.3 Å². The lowest BCUT2D eigenvalue weighted by Crippen LogP contribution is -2.26. The number of nitrogens with one attached hydrogen (secondary N) is 1. The first-order valence-corrected chi connectivity index (χ1v) is 9.35. The molecule has 126 valence electrons. The Bertz CT molecular complexity index is 848. The number of hydrogen-bond acceptors (Lipinski definition) is 4. The molecule has 1 fully saturated rings. The summed E-state index contributed by atoms with van der Waals surface area (Å²) in [4.78, 5) is 12.1. The molecule has 0 amide bonds. The Balaban J connectivity index is 1.76. The van der Waals surface area contributed by atoms with Crippen LogP contribution in [0.5, 0.6) is 0 Å². The second-order valence-corrected chi connectivity index (χ2v) is 7.69. The van der Waals surface area contributed by atoms with E-state index in [-0.39, 0.29) is 28.1 Å². The highest BCUT2D eigenvalue weighted by atomic mass is 35.5. The zero-order chi connectivity index (χ0) is 17.2. The number of hydrogen-bond donors (Lipinski definition) is 1. The lowest BCUT2D eigenvalue weighted by atomic mass is 10.2. The zero-order valence-electron chi connectivity index (χ0n) is 12.7. The molecule has 0 atom stereocenters. The Labute approximate surface area is 145 Å². The van der Waals surface area contributed by atoms with Crippen LogP contribution in [0.1, 0.15) is 28.8 Å². The molecule has 5 nitrogen and oxygen atoms in total. The van der Waals surface area contributed by atoms with Crippen LogP contribution in [0.2, 0.25) is 5.02 Å². The van der Waals surface area contributed by atoms with Gasteiger partial charge in [-0.3, -0.25) is 0 Å². The van der Waals surface area contributed by atoms with Crippen LogP contribution in [0.25, 0.3) is 0 Å². The van der Waals surface area contributed by atoms with Gasteiger partial charge in [-0.1, -0.05) is 41.9 Å². The minimum Gasteiger partial charge on any atom is -0.457 e. The molecule has 1 saturated carbocycles. The number of ether oxygens (including phenoxy) is 1. The van der Waals surface area contributed by atoms with Crippen LogP contribution in [0.4, 0.5) is 0 Å². The van der Waals surface area contributed by atoms with Crippen LogP contribution in [0.15, 0.2) is 53.4 Å². The number of halogens is 1. The highest BCUT2D eigenvalue weighted by Gasteiger charge is 2.29. The quantitative estimate of drug-likeness (QED) is 0.798. The van der Waals surface area contributed by atoms with Crippen LogP contribution in [-0.4, -0.2) is 20.4 Å². The van der Waals surface area contributed by atoms with E-state index in [0.29, 0.717) is 0 Å². The van der Waals surface area contributed by atoms with Gasteiger partial charge in [-0.25, -0.2) is 17.9 Å². The fourth-order valence-corrected chi connectivity index (χ4v) is 3.96. The summed E-state index contributed by atoms with van der Waals surface area (Å²) in [6, 6.07) is 13.3. The maximum atomic E-state index is 12.3. The van der Waals surface area contributed by atoms with Crippen LogP contribution < -0.4 is 4.72 Å². The van der Waals surface area contributed by atoms with Gasteiger partial charge in [-0.2, -0.15) is 0 Å². The topological polar surface area (TPSA) is 72.5 Å². The van der Waals surface area contributed by atoms with Crippen LogP contribution in [-0.2, 0) is 21.4 Å². The molecule has 24 heavy (non-hydrogen) atoms. The maximum Gasteiger partial charge on any atom is 0.338 e. The van der Waals surface area contributed by atoms with E-state index in [0.717, 1.165) is 18.4 Å². The van der Waals surface area contributed by atoms with Gasteiger partial charge in [0.2, 0.25) is 10.0 Å². The van der Waals surface area contributed by atoms with Gasteiger partial charge in [-0.15, -0.1) is 0 Å². The molecule has 0 aromatic heterocycles. The molecular weight excluding hydrogens is 350 g/mol. The van der Waals surface area contributed by atoms with Gasteiger partial charge in [0.1, 0.15) is 11.5 Å². The lowest BCUT2D eigenvalue weighted by Gasteiger charge is -2.10. The van der Waals surface area contributed by atoms with Gasteiger partial charge < -0.3 is 4.74 Å². The highest BCUT2D eigenvalue weighted by Crippen LogP contribution is 2.27. The standard InChI is InChI=1S/C17H16ClNO4S/c18-15-9-6-13(10-16(15)24(21,22)19-14-7-8-14)17(20)23-11-12-4-2-1-3-5-12/h1-6,9-10,14,19H,7-8,11H2. The second-order valence-electron chi connectivity index (χ2n) is 5.60. The van der Waals surface area contributed by atoms with E-state index < -0.39 is 16.0 Å². The summed E-state index contributed by atoms with van der Waals surface area (Å²) in [5.41, 5.74) is 0.995. The molecule has 0 saturated heterocycles.